The molecule has 0 amide bonds. The topological polar surface area (TPSA) is 61.4 Å². The van der Waals surface area contributed by atoms with Gasteiger partial charge in [0.25, 0.3) is 0 Å². The number of nitrogens with one attached hydrogen (secondary N) is 2. The van der Waals surface area contributed by atoms with Crippen LogP contribution in [0, 0.1) is 0 Å². The molecule has 0 aliphatic carbocycles. The second kappa shape index (κ2) is 7.51. The average Bonchev–Trinajstić information content (AvgIpc) is 2.05. The Hall–Kier alpha value is 0.110. The monoisotopic (exact) mass is 208 g/mol. The Morgan fingerprint density at radius 1 is 1.08 bits per heavy atom. The minimum atomic E-state index is -2.88. The molecule has 0 spiro atoms. The van der Waals surface area contributed by atoms with Crippen LogP contribution in [-0.4, -0.2) is 43.4 Å². The molecule has 0 rings (SSSR count). The van der Waals surface area contributed by atoms with Crippen molar-refractivity contribution in [2.45, 2.75) is 13.8 Å². The van der Waals surface area contributed by atoms with Gasteiger partial charge in [0.05, 0.1) is 0 Å². The smallest absolute Gasteiger partial charge is 0.203 e. The summed E-state index contributed by atoms with van der Waals surface area (Å²) in [7, 11) is -2.88. The maximum absolute atomic E-state index is 11.4. The summed E-state index contributed by atoms with van der Waals surface area (Å²) in [4.78, 5) is 9.44. The zero-order valence-corrected chi connectivity index (χ0v) is 9.44. The van der Waals surface area contributed by atoms with Crippen LogP contribution >= 0.6 is 7.37 Å². The third-order valence-electron chi connectivity index (χ3n) is 1.78. The molecule has 0 aliphatic heterocycles. The largest absolute Gasteiger partial charge is 0.344 e. The van der Waals surface area contributed by atoms with E-state index in [1.165, 1.54) is 0 Å². The minimum absolute atomic E-state index is 0.381. The van der Waals surface area contributed by atoms with Gasteiger partial charge in [0.1, 0.15) is 0 Å². The Balaban J connectivity index is 3.49. The van der Waals surface area contributed by atoms with Gasteiger partial charge < -0.3 is 15.5 Å². The van der Waals surface area contributed by atoms with Crippen LogP contribution < -0.4 is 10.6 Å². The molecule has 5 heteroatoms. The van der Waals surface area contributed by atoms with Gasteiger partial charge in [-0.15, -0.1) is 0 Å². The number of rotatable bonds is 8. The molecule has 0 radical (unpaired) electrons. The summed E-state index contributed by atoms with van der Waals surface area (Å²) >= 11 is 0. The molecule has 0 fully saturated rings. The first kappa shape index (κ1) is 13.1. The van der Waals surface area contributed by atoms with Gasteiger partial charge in [-0.1, -0.05) is 13.8 Å². The summed E-state index contributed by atoms with van der Waals surface area (Å²) in [6.07, 6.45) is 0.762. The highest BCUT2D eigenvalue weighted by Crippen LogP contribution is 2.38. The van der Waals surface area contributed by atoms with Gasteiger partial charge in [0, 0.05) is 25.4 Å². The summed E-state index contributed by atoms with van der Waals surface area (Å²) < 4.78 is 11.4. The third kappa shape index (κ3) is 8.44. The van der Waals surface area contributed by atoms with Crippen LogP contribution in [0.2, 0.25) is 0 Å². The van der Waals surface area contributed by atoms with E-state index in [1.807, 2.05) is 13.8 Å². The lowest BCUT2D eigenvalue weighted by Crippen LogP contribution is -2.21. The van der Waals surface area contributed by atoms with Gasteiger partial charge in [-0.2, -0.15) is 0 Å². The fourth-order valence-corrected chi connectivity index (χ4v) is 2.21. The lowest BCUT2D eigenvalue weighted by molar-refractivity contribution is 0.474. The van der Waals surface area contributed by atoms with Crippen LogP contribution in [0.5, 0.6) is 0 Å². The Labute approximate surface area is 80.6 Å². The molecule has 13 heavy (non-hydrogen) atoms. The molecule has 0 aromatic heterocycles. The maximum Gasteiger partial charge on any atom is 0.203 e. The van der Waals surface area contributed by atoms with E-state index in [0.717, 1.165) is 13.1 Å². The third-order valence-corrected chi connectivity index (χ3v) is 3.62. The molecule has 80 valence electrons. The predicted molar refractivity (Wildman–Crippen MR) is 56.6 cm³/mol. The van der Waals surface area contributed by atoms with E-state index in [0.29, 0.717) is 25.4 Å². The molecule has 0 aliphatic rings. The van der Waals surface area contributed by atoms with E-state index >= 15 is 0 Å². The zero-order valence-electron chi connectivity index (χ0n) is 8.55. The SMILES string of the molecule is CCNCCP(=O)(O)CCNCC. The summed E-state index contributed by atoms with van der Waals surface area (Å²) in [6.45, 7) is 6.95. The van der Waals surface area contributed by atoms with Crippen LogP contribution in [0.4, 0.5) is 0 Å². The normalized spacial score (nSPS) is 11.9. The van der Waals surface area contributed by atoms with Crippen LogP contribution in [-0.2, 0) is 4.57 Å². The van der Waals surface area contributed by atoms with E-state index in [2.05, 4.69) is 10.6 Å². The first-order valence-corrected chi connectivity index (χ1v) is 6.87. The van der Waals surface area contributed by atoms with Crippen molar-refractivity contribution < 1.29 is 9.46 Å². The molecule has 0 heterocycles. The molecule has 3 N–H and O–H groups in total. The molecule has 0 saturated heterocycles. The average molecular weight is 208 g/mol. The Bertz CT molecular complexity index is 150. The second-order valence-corrected chi connectivity index (χ2v) is 5.59. The Morgan fingerprint density at radius 3 is 1.77 bits per heavy atom. The minimum Gasteiger partial charge on any atom is -0.344 e. The summed E-state index contributed by atoms with van der Waals surface area (Å²) in [5.41, 5.74) is 0. The predicted octanol–water partition coefficient (Wildman–Crippen LogP) is 0.476. The first-order chi connectivity index (χ1) is 6.12. The van der Waals surface area contributed by atoms with E-state index in [9.17, 15) is 9.46 Å². The van der Waals surface area contributed by atoms with Gasteiger partial charge in [-0.3, -0.25) is 4.57 Å². The van der Waals surface area contributed by atoms with E-state index in [1.54, 1.807) is 0 Å². The highest BCUT2D eigenvalue weighted by atomic mass is 31.2. The Morgan fingerprint density at radius 2 is 1.46 bits per heavy atom. The standard InChI is InChI=1S/C8H21N2O2P/c1-3-9-5-7-13(11,12)8-6-10-4-2/h9-10H,3-8H2,1-2H3,(H,11,12). The van der Waals surface area contributed by atoms with Gasteiger partial charge in [-0.05, 0) is 13.1 Å². The highest BCUT2D eigenvalue weighted by molar-refractivity contribution is 7.58. The molecule has 0 saturated carbocycles. The van der Waals surface area contributed by atoms with Crippen molar-refractivity contribution in [2.75, 3.05) is 38.5 Å². The number of hydrogen-bond donors (Lipinski definition) is 3. The van der Waals surface area contributed by atoms with E-state index in [-0.39, 0.29) is 0 Å². The van der Waals surface area contributed by atoms with Gasteiger partial charge in [-0.25, -0.2) is 0 Å². The van der Waals surface area contributed by atoms with Crippen LogP contribution in [0.3, 0.4) is 0 Å². The van der Waals surface area contributed by atoms with E-state index in [4.69, 9.17) is 0 Å². The van der Waals surface area contributed by atoms with Gasteiger partial charge in [0.2, 0.25) is 7.37 Å². The van der Waals surface area contributed by atoms with Crippen molar-refractivity contribution in [3.05, 3.63) is 0 Å². The van der Waals surface area contributed by atoms with Crippen molar-refractivity contribution in [3.8, 4) is 0 Å². The molecule has 0 unspecified atom stereocenters. The quantitative estimate of drug-likeness (QED) is 0.401. The van der Waals surface area contributed by atoms with Crippen molar-refractivity contribution in [3.63, 3.8) is 0 Å². The van der Waals surface area contributed by atoms with Gasteiger partial charge >= 0.3 is 0 Å². The van der Waals surface area contributed by atoms with Crippen molar-refractivity contribution in [1.29, 1.82) is 0 Å². The molecular formula is C8H21N2O2P. The van der Waals surface area contributed by atoms with Gasteiger partial charge in [0.15, 0.2) is 0 Å². The molecule has 0 aromatic carbocycles. The molecule has 0 bridgehead atoms. The molecular weight excluding hydrogens is 187 g/mol. The summed E-state index contributed by atoms with van der Waals surface area (Å²) in [5, 5.41) is 6.08. The fourth-order valence-electron chi connectivity index (χ4n) is 0.973. The lowest BCUT2D eigenvalue weighted by Gasteiger charge is -2.11. The fraction of sp³-hybridized carbons (Fsp3) is 1.00. The van der Waals surface area contributed by atoms with Crippen LogP contribution in [0.1, 0.15) is 13.8 Å². The maximum atomic E-state index is 11.4. The highest BCUT2D eigenvalue weighted by Gasteiger charge is 2.15. The van der Waals surface area contributed by atoms with Crippen LogP contribution in [0.25, 0.3) is 0 Å². The Kier molecular flexibility index (Phi) is 7.57. The lowest BCUT2D eigenvalue weighted by atomic mass is 10.7. The molecule has 0 atom stereocenters. The van der Waals surface area contributed by atoms with Crippen LogP contribution in [0.15, 0.2) is 0 Å². The second-order valence-electron chi connectivity index (χ2n) is 3.00. The summed E-state index contributed by atoms with van der Waals surface area (Å²) in [5.74, 6) is 0. The van der Waals surface area contributed by atoms with Crippen molar-refractivity contribution >= 4 is 7.37 Å². The van der Waals surface area contributed by atoms with E-state index < -0.39 is 7.37 Å². The molecule has 0 aromatic rings. The molecule has 4 nitrogen and oxygen atoms in total. The van der Waals surface area contributed by atoms with Crippen molar-refractivity contribution in [2.24, 2.45) is 0 Å². The number of hydrogen-bond acceptors (Lipinski definition) is 3. The zero-order chi connectivity index (χ0) is 10.2. The summed E-state index contributed by atoms with van der Waals surface area (Å²) in [6, 6.07) is 0. The van der Waals surface area contributed by atoms with Crippen molar-refractivity contribution in [1.82, 2.24) is 10.6 Å². The first-order valence-electron chi connectivity index (χ1n) is 4.84.